The van der Waals surface area contributed by atoms with Crippen LogP contribution in [0.4, 0.5) is 5.82 Å². The Bertz CT molecular complexity index is 422. The molecule has 0 atom stereocenters. The van der Waals surface area contributed by atoms with Gasteiger partial charge in [0.1, 0.15) is 5.82 Å². The zero-order chi connectivity index (χ0) is 12.4. The van der Waals surface area contributed by atoms with E-state index in [1.807, 2.05) is 0 Å². The van der Waals surface area contributed by atoms with Gasteiger partial charge in [-0.05, 0) is 62.2 Å². The van der Waals surface area contributed by atoms with Crippen LogP contribution in [0.1, 0.15) is 37.4 Å². The summed E-state index contributed by atoms with van der Waals surface area (Å²) in [5, 5.41) is 6.97. The number of rotatable bonds is 3. The summed E-state index contributed by atoms with van der Waals surface area (Å²) < 4.78 is 0. The highest BCUT2D eigenvalue weighted by molar-refractivity contribution is 5.40. The molecule has 0 unspecified atom stereocenters. The van der Waals surface area contributed by atoms with Crippen molar-refractivity contribution in [1.29, 1.82) is 0 Å². The fourth-order valence-electron chi connectivity index (χ4n) is 3.03. The molecule has 0 radical (unpaired) electrons. The number of aryl methyl sites for hydroxylation is 2. The van der Waals surface area contributed by atoms with Crippen molar-refractivity contribution in [2.75, 3.05) is 25.0 Å². The minimum absolute atomic E-state index is 0.423. The summed E-state index contributed by atoms with van der Waals surface area (Å²) in [4.78, 5) is 4.74. The maximum absolute atomic E-state index is 4.74. The van der Waals surface area contributed by atoms with Gasteiger partial charge in [0.15, 0.2) is 0 Å². The summed E-state index contributed by atoms with van der Waals surface area (Å²) in [5.41, 5.74) is 3.19. The van der Waals surface area contributed by atoms with E-state index in [1.165, 1.54) is 36.9 Å². The number of nitrogens with zero attached hydrogens (tertiary/aromatic N) is 1. The largest absolute Gasteiger partial charge is 0.370 e. The van der Waals surface area contributed by atoms with Crippen molar-refractivity contribution in [3.05, 3.63) is 23.4 Å². The van der Waals surface area contributed by atoms with Gasteiger partial charge in [0.05, 0.1) is 0 Å². The molecule has 1 fully saturated rings. The minimum Gasteiger partial charge on any atom is -0.370 e. The number of hydrogen-bond acceptors (Lipinski definition) is 3. The Morgan fingerprint density at radius 2 is 2.11 bits per heavy atom. The lowest BCUT2D eigenvalue weighted by Crippen LogP contribution is -2.39. The fraction of sp³-hybridized carbons (Fsp3) is 0.667. The molecule has 2 N–H and O–H groups in total. The molecule has 0 bridgehead atoms. The third kappa shape index (κ3) is 2.51. The van der Waals surface area contributed by atoms with Gasteiger partial charge in [-0.1, -0.05) is 13.0 Å². The molecule has 0 spiro atoms. The third-order valence-electron chi connectivity index (χ3n) is 4.44. The van der Waals surface area contributed by atoms with Crippen LogP contribution in [-0.4, -0.2) is 24.6 Å². The van der Waals surface area contributed by atoms with Crippen LogP contribution >= 0.6 is 0 Å². The molecule has 3 nitrogen and oxygen atoms in total. The molecule has 18 heavy (non-hydrogen) atoms. The second-order valence-electron chi connectivity index (χ2n) is 6.07. The molecule has 1 aromatic heterocycles. The predicted octanol–water partition coefficient (Wildman–Crippen LogP) is 2.37. The molecule has 1 aliphatic carbocycles. The number of nitrogens with one attached hydrogen (secondary N) is 2. The molecule has 98 valence electrons. The van der Waals surface area contributed by atoms with E-state index in [1.54, 1.807) is 0 Å². The van der Waals surface area contributed by atoms with Crippen LogP contribution in [0.5, 0.6) is 0 Å². The SMILES string of the molecule is CC1(CNc2ccc3c(n2)CCC3)CCNCC1. The first-order valence-corrected chi connectivity index (χ1v) is 7.19. The molecule has 0 amide bonds. The van der Waals surface area contributed by atoms with Crippen LogP contribution in [0.15, 0.2) is 12.1 Å². The van der Waals surface area contributed by atoms with Gasteiger partial charge in [0.2, 0.25) is 0 Å². The van der Waals surface area contributed by atoms with E-state index in [-0.39, 0.29) is 0 Å². The highest BCUT2D eigenvalue weighted by Crippen LogP contribution is 2.28. The van der Waals surface area contributed by atoms with E-state index in [9.17, 15) is 0 Å². The summed E-state index contributed by atoms with van der Waals surface area (Å²) in [6, 6.07) is 4.40. The fourth-order valence-corrected chi connectivity index (χ4v) is 3.03. The summed E-state index contributed by atoms with van der Waals surface area (Å²) in [6.07, 6.45) is 6.16. The maximum atomic E-state index is 4.74. The van der Waals surface area contributed by atoms with Gasteiger partial charge in [-0.3, -0.25) is 0 Å². The van der Waals surface area contributed by atoms with Gasteiger partial charge in [0.25, 0.3) is 0 Å². The number of pyridine rings is 1. The minimum atomic E-state index is 0.423. The Morgan fingerprint density at radius 3 is 2.94 bits per heavy atom. The van der Waals surface area contributed by atoms with E-state index in [2.05, 4.69) is 29.7 Å². The maximum Gasteiger partial charge on any atom is 0.126 e. The quantitative estimate of drug-likeness (QED) is 0.858. The average Bonchev–Trinajstić information content (AvgIpc) is 2.85. The molecule has 1 saturated heterocycles. The Kier molecular flexibility index (Phi) is 3.25. The van der Waals surface area contributed by atoms with Crippen molar-refractivity contribution >= 4 is 5.82 Å². The molecular formula is C15H23N3. The first kappa shape index (κ1) is 12.0. The third-order valence-corrected chi connectivity index (χ3v) is 4.44. The van der Waals surface area contributed by atoms with Gasteiger partial charge >= 0.3 is 0 Å². The van der Waals surface area contributed by atoms with Gasteiger partial charge < -0.3 is 10.6 Å². The lowest BCUT2D eigenvalue weighted by Gasteiger charge is -2.34. The molecule has 0 saturated carbocycles. The molecule has 2 aliphatic rings. The summed E-state index contributed by atoms with van der Waals surface area (Å²) >= 11 is 0. The van der Waals surface area contributed by atoms with Crippen LogP contribution in [-0.2, 0) is 12.8 Å². The Morgan fingerprint density at radius 1 is 1.28 bits per heavy atom. The van der Waals surface area contributed by atoms with E-state index in [4.69, 9.17) is 4.98 Å². The number of aromatic nitrogens is 1. The van der Waals surface area contributed by atoms with Crippen molar-refractivity contribution in [2.45, 2.75) is 39.0 Å². The second kappa shape index (κ2) is 4.88. The number of anilines is 1. The van der Waals surface area contributed by atoms with E-state index >= 15 is 0 Å². The Labute approximate surface area is 109 Å². The highest BCUT2D eigenvalue weighted by atomic mass is 15.0. The summed E-state index contributed by atoms with van der Waals surface area (Å²) in [6.45, 7) is 5.72. The van der Waals surface area contributed by atoms with Crippen LogP contribution in [0.2, 0.25) is 0 Å². The van der Waals surface area contributed by atoms with Crippen LogP contribution < -0.4 is 10.6 Å². The standard InChI is InChI=1S/C15H23N3/c1-15(7-9-16-10-8-15)11-17-14-6-5-12-3-2-4-13(12)18-14/h5-6,16H,2-4,7-11H2,1H3,(H,17,18). The van der Waals surface area contributed by atoms with Gasteiger partial charge in [-0.15, -0.1) is 0 Å². The lowest BCUT2D eigenvalue weighted by molar-refractivity contribution is 0.247. The molecule has 1 aromatic rings. The van der Waals surface area contributed by atoms with Gasteiger partial charge in [-0.2, -0.15) is 0 Å². The highest BCUT2D eigenvalue weighted by Gasteiger charge is 2.26. The van der Waals surface area contributed by atoms with Crippen molar-refractivity contribution in [1.82, 2.24) is 10.3 Å². The first-order valence-electron chi connectivity index (χ1n) is 7.19. The normalized spacial score (nSPS) is 21.6. The van der Waals surface area contributed by atoms with Crippen molar-refractivity contribution < 1.29 is 0 Å². The van der Waals surface area contributed by atoms with E-state index in [0.717, 1.165) is 31.9 Å². The first-order chi connectivity index (χ1) is 8.75. The van der Waals surface area contributed by atoms with Crippen LogP contribution in [0, 0.1) is 5.41 Å². The lowest BCUT2D eigenvalue weighted by atomic mass is 9.81. The van der Waals surface area contributed by atoms with E-state index < -0.39 is 0 Å². The van der Waals surface area contributed by atoms with E-state index in [0.29, 0.717) is 5.41 Å². The average molecular weight is 245 g/mol. The molecule has 3 rings (SSSR count). The van der Waals surface area contributed by atoms with Crippen molar-refractivity contribution in [3.63, 3.8) is 0 Å². The summed E-state index contributed by atoms with van der Waals surface area (Å²) in [5.74, 6) is 1.07. The van der Waals surface area contributed by atoms with Crippen LogP contribution in [0.25, 0.3) is 0 Å². The zero-order valence-corrected chi connectivity index (χ0v) is 11.3. The second-order valence-corrected chi connectivity index (χ2v) is 6.07. The summed E-state index contributed by atoms with van der Waals surface area (Å²) in [7, 11) is 0. The van der Waals surface area contributed by atoms with Gasteiger partial charge in [-0.25, -0.2) is 4.98 Å². The monoisotopic (exact) mass is 245 g/mol. The Hall–Kier alpha value is -1.09. The van der Waals surface area contributed by atoms with Crippen molar-refractivity contribution in [2.24, 2.45) is 5.41 Å². The van der Waals surface area contributed by atoms with Crippen molar-refractivity contribution in [3.8, 4) is 0 Å². The van der Waals surface area contributed by atoms with Gasteiger partial charge in [0, 0.05) is 12.2 Å². The molecule has 0 aromatic carbocycles. The zero-order valence-electron chi connectivity index (χ0n) is 11.3. The molecule has 2 heterocycles. The van der Waals surface area contributed by atoms with Crippen LogP contribution in [0.3, 0.4) is 0 Å². The Balaban J connectivity index is 1.62. The molecular weight excluding hydrogens is 222 g/mol. The topological polar surface area (TPSA) is 37.0 Å². The number of hydrogen-bond donors (Lipinski definition) is 2. The predicted molar refractivity (Wildman–Crippen MR) is 75.0 cm³/mol. The number of piperidine rings is 1. The molecule has 3 heteroatoms. The number of fused-ring (bicyclic) bond motifs is 1. The smallest absolute Gasteiger partial charge is 0.126 e. The molecule has 1 aliphatic heterocycles.